The SMILES string of the molecule is CCOC(=O)C(F)(F)P(OCC)c1ccccc1. The van der Waals surface area contributed by atoms with E-state index in [0.29, 0.717) is 5.30 Å². The van der Waals surface area contributed by atoms with Gasteiger partial charge in [-0.3, -0.25) is 0 Å². The third-order valence-corrected chi connectivity index (χ3v) is 4.00. The van der Waals surface area contributed by atoms with Crippen molar-refractivity contribution in [1.29, 1.82) is 0 Å². The van der Waals surface area contributed by atoms with E-state index in [1.54, 1.807) is 25.1 Å². The summed E-state index contributed by atoms with van der Waals surface area (Å²) >= 11 is 0. The Kier molecular flexibility index (Phi) is 5.63. The van der Waals surface area contributed by atoms with Gasteiger partial charge >= 0.3 is 11.6 Å². The fraction of sp³-hybridized carbons (Fsp3) is 0.417. The molecule has 100 valence electrons. The number of carbonyl (C=O) groups excluding carboxylic acids is 1. The van der Waals surface area contributed by atoms with E-state index in [2.05, 4.69) is 4.74 Å². The van der Waals surface area contributed by atoms with Gasteiger partial charge in [0, 0.05) is 11.9 Å². The molecule has 0 saturated heterocycles. The van der Waals surface area contributed by atoms with E-state index >= 15 is 0 Å². The molecule has 3 nitrogen and oxygen atoms in total. The molecule has 0 bridgehead atoms. The minimum atomic E-state index is -3.64. The molecule has 0 fully saturated rings. The number of halogens is 2. The molecule has 1 aromatic carbocycles. The van der Waals surface area contributed by atoms with Gasteiger partial charge in [-0.15, -0.1) is 0 Å². The quantitative estimate of drug-likeness (QED) is 0.592. The first-order valence-electron chi connectivity index (χ1n) is 5.57. The fourth-order valence-electron chi connectivity index (χ4n) is 1.31. The second-order valence-electron chi connectivity index (χ2n) is 3.31. The lowest BCUT2D eigenvalue weighted by Gasteiger charge is -2.24. The zero-order valence-electron chi connectivity index (χ0n) is 10.2. The average Bonchev–Trinajstić information content (AvgIpc) is 2.37. The van der Waals surface area contributed by atoms with Crippen LogP contribution in [-0.4, -0.2) is 24.8 Å². The summed E-state index contributed by atoms with van der Waals surface area (Å²) in [5.41, 5.74) is -3.64. The van der Waals surface area contributed by atoms with E-state index < -0.39 is 19.8 Å². The van der Waals surface area contributed by atoms with Gasteiger partial charge in [-0.1, -0.05) is 30.3 Å². The Balaban J connectivity index is 3.01. The zero-order valence-corrected chi connectivity index (χ0v) is 11.1. The fourth-order valence-corrected chi connectivity index (χ4v) is 2.88. The molecule has 1 unspecified atom stereocenters. The van der Waals surface area contributed by atoms with Gasteiger partial charge in [0.1, 0.15) is 8.15 Å². The predicted octanol–water partition coefficient (Wildman–Crippen LogP) is 2.90. The normalized spacial score (nSPS) is 13.1. The Morgan fingerprint density at radius 2 is 1.83 bits per heavy atom. The molecule has 6 heteroatoms. The lowest BCUT2D eigenvalue weighted by molar-refractivity contribution is -0.160. The number of rotatable bonds is 6. The highest BCUT2D eigenvalue weighted by Gasteiger charge is 2.51. The summed E-state index contributed by atoms with van der Waals surface area (Å²) in [5.74, 6) is -1.53. The number of carbonyl (C=O) groups is 1. The molecular weight excluding hydrogens is 261 g/mol. The third-order valence-electron chi connectivity index (χ3n) is 2.02. The van der Waals surface area contributed by atoms with Crippen LogP contribution in [0.1, 0.15) is 13.8 Å². The summed E-state index contributed by atoms with van der Waals surface area (Å²) < 4.78 is 37.4. The largest absolute Gasteiger partial charge is 0.461 e. The zero-order chi connectivity index (χ0) is 13.6. The molecule has 0 spiro atoms. The lowest BCUT2D eigenvalue weighted by atomic mass is 10.4. The van der Waals surface area contributed by atoms with Gasteiger partial charge in [0.25, 0.3) is 0 Å². The van der Waals surface area contributed by atoms with Crippen LogP contribution in [-0.2, 0) is 14.1 Å². The van der Waals surface area contributed by atoms with Crippen LogP contribution in [0.4, 0.5) is 8.78 Å². The Bertz CT molecular complexity index is 384. The lowest BCUT2D eigenvalue weighted by Crippen LogP contribution is -2.33. The van der Waals surface area contributed by atoms with Gasteiger partial charge in [0.2, 0.25) is 0 Å². The Morgan fingerprint density at radius 1 is 1.22 bits per heavy atom. The monoisotopic (exact) mass is 276 g/mol. The number of ether oxygens (including phenoxy) is 1. The molecule has 0 heterocycles. The van der Waals surface area contributed by atoms with Crippen LogP contribution < -0.4 is 5.30 Å². The van der Waals surface area contributed by atoms with E-state index in [0.717, 1.165) is 0 Å². The van der Waals surface area contributed by atoms with Gasteiger partial charge in [-0.2, -0.15) is 8.78 Å². The van der Waals surface area contributed by atoms with Gasteiger partial charge in [-0.05, 0) is 13.8 Å². The van der Waals surface area contributed by atoms with Crippen LogP contribution >= 0.6 is 8.15 Å². The van der Waals surface area contributed by atoms with E-state index in [-0.39, 0.29) is 13.2 Å². The van der Waals surface area contributed by atoms with Crippen molar-refractivity contribution in [2.45, 2.75) is 19.5 Å². The minimum Gasteiger partial charge on any atom is -0.461 e. The number of benzene rings is 1. The molecule has 18 heavy (non-hydrogen) atoms. The van der Waals surface area contributed by atoms with Crippen LogP contribution in [0.25, 0.3) is 0 Å². The van der Waals surface area contributed by atoms with Gasteiger partial charge in [0.05, 0.1) is 6.61 Å². The van der Waals surface area contributed by atoms with Crippen molar-refractivity contribution in [2.75, 3.05) is 13.2 Å². The van der Waals surface area contributed by atoms with Crippen molar-refractivity contribution >= 4 is 19.4 Å². The molecule has 0 radical (unpaired) electrons. The van der Waals surface area contributed by atoms with Crippen LogP contribution in [0.5, 0.6) is 0 Å². The van der Waals surface area contributed by atoms with Crippen molar-refractivity contribution in [1.82, 2.24) is 0 Å². The van der Waals surface area contributed by atoms with Gasteiger partial charge in [-0.25, -0.2) is 4.79 Å². The summed E-state index contributed by atoms with van der Waals surface area (Å²) in [4.78, 5) is 11.3. The second-order valence-corrected chi connectivity index (χ2v) is 5.23. The first-order valence-corrected chi connectivity index (χ1v) is 6.83. The number of hydrogen-bond acceptors (Lipinski definition) is 3. The highest BCUT2D eigenvalue weighted by Crippen LogP contribution is 2.52. The van der Waals surface area contributed by atoms with E-state index in [1.807, 2.05) is 0 Å². The Hall–Kier alpha value is -1.06. The molecule has 0 aliphatic carbocycles. The van der Waals surface area contributed by atoms with E-state index in [9.17, 15) is 13.6 Å². The highest BCUT2D eigenvalue weighted by molar-refractivity contribution is 7.63. The van der Waals surface area contributed by atoms with Crippen molar-refractivity contribution in [3.05, 3.63) is 30.3 Å². The van der Waals surface area contributed by atoms with Crippen LogP contribution in [0.3, 0.4) is 0 Å². The summed E-state index contributed by atoms with van der Waals surface area (Å²) in [6, 6.07) is 8.02. The van der Waals surface area contributed by atoms with Crippen molar-refractivity contribution in [2.24, 2.45) is 0 Å². The minimum absolute atomic E-state index is 0.0848. The highest BCUT2D eigenvalue weighted by atomic mass is 31.1. The summed E-state index contributed by atoms with van der Waals surface area (Å²) in [5, 5.41) is 0.312. The molecule has 1 rings (SSSR count). The molecule has 0 aliphatic heterocycles. The Labute approximate surface area is 106 Å². The standard InChI is InChI=1S/C12H15F2O3P/c1-3-16-11(15)12(13,14)18(17-4-2)10-8-6-5-7-9-10/h5-9H,3-4H2,1-2H3. The maximum atomic E-state index is 14.0. The molecule has 0 aromatic heterocycles. The van der Waals surface area contributed by atoms with Crippen LogP contribution in [0.2, 0.25) is 0 Å². The molecule has 0 saturated carbocycles. The average molecular weight is 276 g/mol. The van der Waals surface area contributed by atoms with Crippen molar-refractivity contribution < 1.29 is 22.8 Å². The third kappa shape index (κ3) is 3.47. The number of esters is 1. The summed E-state index contributed by atoms with van der Waals surface area (Å²) in [6.07, 6.45) is 0. The summed E-state index contributed by atoms with van der Waals surface area (Å²) in [7, 11) is -2.36. The second kappa shape index (κ2) is 6.76. The molecule has 1 atom stereocenters. The molecule has 0 aliphatic rings. The summed E-state index contributed by atoms with van der Waals surface area (Å²) in [6.45, 7) is 3.12. The first-order chi connectivity index (χ1) is 8.54. The van der Waals surface area contributed by atoms with E-state index in [1.165, 1.54) is 19.1 Å². The maximum absolute atomic E-state index is 14.0. The van der Waals surface area contributed by atoms with Crippen molar-refractivity contribution in [3.63, 3.8) is 0 Å². The van der Waals surface area contributed by atoms with Crippen LogP contribution in [0.15, 0.2) is 30.3 Å². The smallest absolute Gasteiger partial charge is 0.387 e. The van der Waals surface area contributed by atoms with Gasteiger partial charge < -0.3 is 9.26 Å². The van der Waals surface area contributed by atoms with E-state index in [4.69, 9.17) is 4.52 Å². The van der Waals surface area contributed by atoms with Crippen molar-refractivity contribution in [3.8, 4) is 0 Å². The molecule has 0 amide bonds. The maximum Gasteiger partial charge on any atom is 0.387 e. The Morgan fingerprint density at radius 3 is 2.33 bits per heavy atom. The number of hydrogen-bond donors (Lipinski definition) is 0. The number of alkyl halides is 2. The van der Waals surface area contributed by atoms with Crippen LogP contribution in [0, 0.1) is 0 Å². The molecule has 0 N–H and O–H groups in total. The molecular formula is C12H15F2O3P. The predicted molar refractivity (Wildman–Crippen MR) is 66.2 cm³/mol. The topological polar surface area (TPSA) is 35.5 Å². The first kappa shape index (κ1) is 15.0. The molecule has 1 aromatic rings. The van der Waals surface area contributed by atoms with Gasteiger partial charge in [0.15, 0.2) is 0 Å².